The van der Waals surface area contributed by atoms with Crippen LogP contribution in [0.25, 0.3) is 6.08 Å². The highest BCUT2D eigenvalue weighted by Gasteiger charge is 2.13. The maximum atomic E-state index is 4.69. The number of imidazole rings is 1. The Kier molecular flexibility index (Phi) is 6.26. The van der Waals surface area contributed by atoms with Crippen molar-refractivity contribution in [1.29, 1.82) is 0 Å². The van der Waals surface area contributed by atoms with Crippen LogP contribution in [-0.2, 0) is 0 Å². The molecule has 0 aliphatic rings. The zero-order valence-corrected chi connectivity index (χ0v) is 12.4. The molecule has 3 heteroatoms. The van der Waals surface area contributed by atoms with Crippen molar-refractivity contribution in [3.63, 3.8) is 0 Å². The van der Waals surface area contributed by atoms with Gasteiger partial charge in [-0.3, -0.25) is 0 Å². The van der Waals surface area contributed by atoms with E-state index in [2.05, 4.69) is 37.0 Å². The average Bonchev–Trinajstić information content (AvgIpc) is 2.76. The lowest BCUT2D eigenvalue weighted by Crippen LogP contribution is -2.11. The molecule has 0 saturated carbocycles. The third-order valence-corrected chi connectivity index (χ3v) is 3.17. The van der Waals surface area contributed by atoms with Crippen LogP contribution in [0.2, 0.25) is 0 Å². The highest BCUT2D eigenvalue weighted by atomic mass is 15.0. The molecular weight excluding hydrogens is 234 g/mol. The molecule has 0 aliphatic heterocycles. The van der Waals surface area contributed by atoms with Crippen LogP contribution in [0.1, 0.15) is 51.0 Å². The molecule has 0 atom stereocenters. The van der Waals surface area contributed by atoms with Crippen LogP contribution in [0.3, 0.4) is 0 Å². The molecule has 0 aromatic carbocycles. The lowest BCUT2D eigenvalue weighted by atomic mass is 9.93. The van der Waals surface area contributed by atoms with Gasteiger partial charge < -0.3 is 4.98 Å². The second kappa shape index (κ2) is 7.72. The number of aliphatic imine (C=N–C) groups is 1. The van der Waals surface area contributed by atoms with Gasteiger partial charge in [-0.15, -0.1) is 0 Å². The molecule has 1 heterocycles. The normalized spacial score (nSPS) is 11.9. The zero-order chi connectivity index (χ0) is 14.3. The lowest BCUT2D eigenvalue weighted by Gasteiger charge is -2.15. The summed E-state index contributed by atoms with van der Waals surface area (Å²) >= 11 is 0. The molecule has 1 rings (SSSR count). The Labute approximate surface area is 116 Å². The van der Waals surface area contributed by atoms with Gasteiger partial charge in [0.25, 0.3) is 0 Å². The topological polar surface area (TPSA) is 41.0 Å². The lowest BCUT2D eigenvalue weighted by molar-refractivity contribution is 0.560. The summed E-state index contributed by atoms with van der Waals surface area (Å²) in [6.45, 7) is 14.0. The molecule has 1 aromatic rings. The Hall–Kier alpha value is -1.64. The van der Waals surface area contributed by atoms with Crippen molar-refractivity contribution in [3.05, 3.63) is 30.8 Å². The first-order chi connectivity index (χ1) is 9.15. The first-order valence-corrected chi connectivity index (χ1v) is 7.06. The maximum Gasteiger partial charge on any atom is 0.177 e. The van der Waals surface area contributed by atoms with Crippen molar-refractivity contribution in [3.8, 4) is 0 Å². The summed E-state index contributed by atoms with van der Waals surface area (Å²) in [6.07, 6.45) is 8.23. The highest BCUT2D eigenvalue weighted by molar-refractivity contribution is 5.98. The Morgan fingerprint density at radius 2 is 1.95 bits per heavy atom. The number of hydrogen-bond acceptors (Lipinski definition) is 2. The molecular formula is C16H25N3. The van der Waals surface area contributed by atoms with E-state index in [1.54, 1.807) is 6.08 Å². The Morgan fingerprint density at radius 3 is 2.42 bits per heavy atom. The third-order valence-electron chi connectivity index (χ3n) is 3.17. The molecule has 0 bridgehead atoms. The minimum absolute atomic E-state index is 0.474. The molecule has 1 N–H and O–H groups in total. The van der Waals surface area contributed by atoms with Gasteiger partial charge in [-0.25, -0.2) is 9.98 Å². The van der Waals surface area contributed by atoms with Gasteiger partial charge in [-0.1, -0.05) is 39.8 Å². The fourth-order valence-corrected chi connectivity index (χ4v) is 2.29. The van der Waals surface area contributed by atoms with Crippen LogP contribution in [-0.4, -0.2) is 15.7 Å². The number of aryl methyl sites for hydroxylation is 1. The fourth-order valence-electron chi connectivity index (χ4n) is 2.29. The van der Waals surface area contributed by atoms with E-state index in [9.17, 15) is 0 Å². The third kappa shape index (κ3) is 4.19. The second-order valence-corrected chi connectivity index (χ2v) is 4.78. The fraction of sp³-hybridized carbons (Fsp3) is 0.500. The second-order valence-electron chi connectivity index (χ2n) is 4.78. The number of H-pyrrole nitrogens is 1. The van der Waals surface area contributed by atoms with E-state index in [4.69, 9.17) is 4.99 Å². The molecule has 0 saturated heterocycles. The van der Waals surface area contributed by atoms with Gasteiger partial charge in [0.15, 0.2) is 5.82 Å². The van der Waals surface area contributed by atoms with E-state index < -0.39 is 0 Å². The van der Waals surface area contributed by atoms with Crippen molar-refractivity contribution in [2.24, 2.45) is 10.9 Å². The number of nitrogens with zero attached hydrogens (tertiary/aromatic N) is 2. The molecule has 0 amide bonds. The minimum Gasteiger partial charge on any atom is -0.341 e. The van der Waals surface area contributed by atoms with Crippen LogP contribution < -0.4 is 0 Å². The minimum atomic E-state index is 0.474. The van der Waals surface area contributed by atoms with Gasteiger partial charge in [-0.05, 0) is 31.9 Å². The van der Waals surface area contributed by atoms with E-state index in [1.165, 1.54) is 0 Å². The highest BCUT2D eigenvalue weighted by Crippen LogP contribution is 2.22. The maximum absolute atomic E-state index is 4.69. The van der Waals surface area contributed by atoms with Gasteiger partial charge in [0.05, 0.1) is 5.69 Å². The van der Waals surface area contributed by atoms with Crippen LogP contribution in [0.5, 0.6) is 0 Å². The van der Waals surface area contributed by atoms with E-state index in [0.717, 1.165) is 48.7 Å². The Morgan fingerprint density at radius 1 is 1.32 bits per heavy atom. The van der Waals surface area contributed by atoms with Gasteiger partial charge in [-0.2, -0.15) is 0 Å². The summed E-state index contributed by atoms with van der Waals surface area (Å²) in [5.41, 5.74) is 1.92. The number of nitrogens with one attached hydrogen (secondary N) is 1. The van der Waals surface area contributed by atoms with Crippen LogP contribution >= 0.6 is 0 Å². The van der Waals surface area contributed by atoms with Gasteiger partial charge in [0, 0.05) is 11.6 Å². The number of aromatic nitrogens is 2. The first-order valence-electron chi connectivity index (χ1n) is 7.06. The van der Waals surface area contributed by atoms with Crippen molar-refractivity contribution in [1.82, 2.24) is 9.97 Å². The van der Waals surface area contributed by atoms with Crippen LogP contribution in [0.15, 0.2) is 24.2 Å². The van der Waals surface area contributed by atoms with E-state index >= 15 is 0 Å². The molecule has 0 aliphatic carbocycles. The van der Waals surface area contributed by atoms with Gasteiger partial charge in [0.2, 0.25) is 0 Å². The molecule has 0 radical (unpaired) electrons. The predicted octanol–water partition coefficient (Wildman–Crippen LogP) is 4.84. The smallest absolute Gasteiger partial charge is 0.177 e. The standard InChI is InChI=1S/C16H25N3/c1-6-10-13(11-7-2)14(8-3)19-16-15(9-4)17-12(5)18-16/h8-9,13H,3-4,6-7,10-11H2,1-2,5H3,(H,17,18). The summed E-state index contributed by atoms with van der Waals surface area (Å²) in [4.78, 5) is 12.3. The summed E-state index contributed by atoms with van der Waals surface area (Å²) in [6, 6.07) is 0. The van der Waals surface area contributed by atoms with Crippen molar-refractivity contribution >= 4 is 17.6 Å². The van der Waals surface area contributed by atoms with Crippen molar-refractivity contribution in [2.45, 2.75) is 46.5 Å². The SMILES string of the molecule is C=CC(=Nc1nc(C)[nH]c1C=C)C(CCC)CCC. The number of rotatable bonds is 8. The van der Waals surface area contributed by atoms with E-state index in [-0.39, 0.29) is 0 Å². The molecule has 0 fully saturated rings. The van der Waals surface area contributed by atoms with E-state index in [1.807, 2.05) is 13.0 Å². The summed E-state index contributed by atoms with van der Waals surface area (Å²) in [5, 5.41) is 0. The molecule has 0 unspecified atom stereocenters. The van der Waals surface area contributed by atoms with Gasteiger partial charge >= 0.3 is 0 Å². The monoisotopic (exact) mass is 259 g/mol. The Balaban J connectivity index is 3.07. The largest absolute Gasteiger partial charge is 0.341 e. The van der Waals surface area contributed by atoms with E-state index in [0.29, 0.717) is 5.92 Å². The number of allylic oxidation sites excluding steroid dienone is 1. The van der Waals surface area contributed by atoms with Crippen LogP contribution in [0.4, 0.5) is 5.82 Å². The average molecular weight is 259 g/mol. The van der Waals surface area contributed by atoms with Crippen molar-refractivity contribution in [2.75, 3.05) is 0 Å². The van der Waals surface area contributed by atoms with Crippen LogP contribution in [0, 0.1) is 12.8 Å². The summed E-state index contributed by atoms with van der Waals surface area (Å²) in [5.74, 6) is 2.06. The molecule has 19 heavy (non-hydrogen) atoms. The molecule has 104 valence electrons. The Bertz CT molecular complexity index is 449. The van der Waals surface area contributed by atoms with Crippen molar-refractivity contribution < 1.29 is 0 Å². The number of hydrogen-bond donors (Lipinski definition) is 1. The van der Waals surface area contributed by atoms with Gasteiger partial charge in [0.1, 0.15) is 5.82 Å². The summed E-state index contributed by atoms with van der Waals surface area (Å²) in [7, 11) is 0. The zero-order valence-electron chi connectivity index (χ0n) is 12.4. The molecule has 3 nitrogen and oxygen atoms in total. The molecule has 0 spiro atoms. The number of aromatic amines is 1. The predicted molar refractivity (Wildman–Crippen MR) is 84.0 cm³/mol. The molecule has 1 aromatic heterocycles. The quantitative estimate of drug-likeness (QED) is 0.667. The first kappa shape index (κ1) is 15.4. The summed E-state index contributed by atoms with van der Waals surface area (Å²) < 4.78 is 0.